The van der Waals surface area contributed by atoms with Gasteiger partial charge in [-0.25, -0.2) is 0 Å². The van der Waals surface area contributed by atoms with Crippen LogP contribution in [0.1, 0.15) is 30.6 Å². The fourth-order valence-corrected chi connectivity index (χ4v) is 3.82. The standard InChI is InChI=1S/C13H17NOS/c15-13-10(9-12-4-2-8-16-12)5-6-11-3-1-7-14(11)13/h2,4,8,10-11H,1,3,5-7,9H2. The number of fused-ring (bicyclic) bond motifs is 1. The molecule has 0 spiro atoms. The first-order chi connectivity index (χ1) is 7.84. The highest BCUT2D eigenvalue weighted by atomic mass is 32.1. The molecule has 2 aliphatic heterocycles. The molecule has 0 N–H and O–H groups in total. The van der Waals surface area contributed by atoms with Gasteiger partial charge in [0.25, 0.3) is 0 Å². The van der Waals surface area contributed by atoms with Gasteiger partial charge in [-0.3, -0.25) is 4.79 Å². The maximum Gasteiger partial charge on any atom is 0.226 e. The van der Waals surface area contributed by atoms with Crippen molar-refractivity contribution in [3.05, 3.63) is 22.4 Å². The van der Waals surface area contributed by atoms with Crippen LogP contribution >= 0.6 is 11.3 Å². The Morgan fingerprint density at radius 2 is 2.31 bits per heavy atom. The minimum Gasteiger partial charge on any atom is -0.339 e. The first-order valence-corrected chi connectivity index (χ1v) is 7.05. The lowest BCUT2D eigenvalue weighted by atomic mass is 9.89. The second-order valence-corrected chi connectivity index (χ2v) is 5.92. The Labute approximate surface area is 100 Å². The molecule has 1 amide bonds. The van der Waals surface area contributed by atoms with Crippen molar-refractivity contribution in [1.29, 1.82) is 0 Å². The Hall–Kier alpha value is -0.830. The van der Waals surface area contributed by atoms with Crippen LogP contribution in [0.3, 0.4) is 0 Å². The van der Waals surface area contributed by atoms with Gasteiger partial charge in [0, 0.05) is 23.4 Å². The summed E-state index contributed by atoms with van der Waals surface area (Å²) in [5.74, 6) is 0.676. The molecule has 1 aromatic rings. The van der Waals surface area contributed by atoms with Gasteiger partial charge in [0.05, 0.1) is 0 Å². The molecule has 0 bridgehead atoms. The highest BCUT2D eigenvalue weighted by Gasteiger charge is 2.37. The molecule has 2 aliphatic rings. The predicted molar refractivity (Wildman–Crippen MR) is 65.5 cm³/mol. The zero-order valence-corrected chi connectivity index (χ0v) is 10.2. The van der Waals surface area contributed by atoms with Gasteiger partial charge < -0.3 is 4.90 Å². The van der Waals surface area contributed by atoms with Crippen molar-refractivity contribution in [2.75, 3.05) is 6.54 Å². The summed E-state index contributed by atoms with van der Waals surface area (Å²) in [6, 6.07) is 4.80. The van der Waals surface area contributed by atoms with Crippen molar-refractivity contribution in [3.8, 4) is 0 Å². The first kappa shape index (κ1) is 10.3. The van der Waals surface area contributed by atoms with Crippen molar-refractivity contribution in [2.24, 2.45) is 5.92 Å². The van der Waals surface area contributed by atoms with Gasteiger partial charge in [0.2, 0.25) is 5.91 Å². The summed E-state index contributed by atoms with van der Waals surface area (Å²) in [6.45, 7) is 1.00. The Morgan fingerprint density at radius 3 is 3.12 bits per heavy atom. The van der Waals surface area contributed by atoms with Crippen LogP contribution in [0.15, 0.2) is 17.5 Å². The van der Waals surface area contributed by atoms with Gasteiger partial charge in [0.1, 0.15) is 0 Å². The fourth-order valence-electron chi connectivity index (χ4n) is 3.04. The normalized spacial score (nSPS) is 29.5. The fraction of sp³-hybridized carbons (Fsp3) is 0.615. The summed E-state index contributed by atoms with van der Waals surface area (Å²) in [4.78, 5) is 15.8. The van der Waals surface area contributed by atoms with E-state index in [4.69, 9.17) is 0 Å². The minimum atomic E-state index is 0.257. The molecular weight excluding hydrogens is 218 g/mol. The number of nitrogens with zero attached hydrogens (tertiary/aromatic N) is 1. The molecule has 2 atom stereocenters. The molecule has 0 saturated carbocycles. The molecule has 0 aliphatic carbocycles. The topological polar surface area (TPSA) is 20.3 Å². The van der Waals surface area contributed by atoms with E-state index in [9.17, 15) is 4.79 Å². The van der Waals surface area contributed by atoms with E-state index >= 15 is 0 Å². The lowest BCUT2D eigenvalue weighted by molar-refractivity contribution is -0.139. The maximum absolute atomic E-state index is 12.3. The van der Waals surface area contributed by atoms with Gasteiger partial charge in [-0.2, -0.15) is 0 Å². The van der Waals surface area contributed by atoms with Crippen LogP contribution in [0.5, 0.6) is 0 Å². The highest BCUT2D eigenvalue weighted by molar-refractivity contribution is 7.09. The SMILES string of the molecule is O=C1C(Cc2cccs2)CCC2CCCN12. The number of carbonyl (C=O) groups is 1. The van der Waals surface area contributed by atoms with E-state index in [1.54, 1.807) is 11.3 Å². The molecule has 0 radical (unpaired) electrons. The second-order valence-electron chi connectivity index (χ2n) is 4.89. The van der Waals surface area contributed by atoms with Crippen LogP contribution in [-0.2, 0) is 11.2 Å². The first-order valence-electron chi connectivity index (χ1n) is 6.17. The summed E-state index contributed by atoms with van der Waals surface area (Å²) in [6.07, 6.45) is 5.72. The number of hydrogen-bond donors (Lipinski definition) is 0. The third-order valence-electron chi connectivity index (χ3n) is 3.89. The minimum absolute atomic E-state index is 0.257. The Bertz CT molecular complexity index is 373. The molecule has 0 aromatic carbocycles. The summed E-state index contributed by atoms with van der Waals surface area (Å²) in [5.41, 5.74) is 0. The Balaban J connectivity index is 1.70. The molecule has 3 heterocycles. The van der Waals surface area contributed by atoms with E-state index in [0.29, 0.717) is 11.9 Å². The monoisotopic (exact) mass is 235 g/mol. The molecule has 3 rings (SSSR count). The Kier molecular flexibility index (Phi) is 2.72. The average molecular weight is 235 g/mol. The van der Waals surface area contributed by atoms with Crippen molar-refractivity contribution in [3.63, 3.8) is 0 Å². The summed E-state index contributed by atoms with van der Waals surface area (Å²) in [5, 5.41) is 2.10. The second kappa shape index (κ2) is 4.21. The lowest BCUT2D eigenvalue weighted by Crippen LogP contribution is -2.44. The van der Waals surface area contributed by atoms with Crippen LogP contribution in [0.25, 0.3) is 0 Å². The number of hydrogen-bond acceptors (Lipinski definition) is 2. The van der Waals surface area contributed by atoms with Crippen molar-refractivity contribution in [1.82, 2.24) is 4.90 Å². The van der Waals surface area contributed by atoms with Crippen molar-refractivity contribution < 1.29 is 4.79 Å². The highest BCUT2D eigenvalue weighted by Crippen LogP contribution is 2.32. The van der Waals surface area contributed by atoms with Crippen LogP contribution in [0.4, 0.5) is 0 Å². The molecule has 3 heteroatoms. The average Bonchev–Trinajstić information content (AvgIpc) is 2.93. The lowest BCUT2D eigenvalue weighted by Gasteiger charge is -2.34. The van der Waals surface area contributed by atoms with E-state index in [1.165, 1.54) is 24.1 Å². The van der Waals surface area contributed by atoms with Crippen LogP contribution < -0.4 is 0 Å². The number of piperidine rings is 1. The molecule has 2 nitrogen and oxygen atoms in total. The van der Waals surface area contributed by atoms with Crippen molar-refractivity contribution in [2.45, 2.75) is 38.1 Å². The number of amides is 1. The van der Waals surface area contributed by atoms with Crippen LogP contribution in [0.2, 0.25) is 0 Å². The number of rotatable bonds is 2. The summed E-state index contributed by atoms with van der Waals surface area (Å²) in [7, 11) is 0. The van der Waals surface area contributed by atoms with Gasteiger partial charge in [-0.05, 0) is 43.6 Å². The molecule has 1 aromatic heterocycles. The number of thiophene rings is 1. The molecular formula is C13H17NOS. The van der Waals surface area contributed by atoms with E-state index < -0.39 is 0 Å². The zero-order chi connectivity index (χ0) is 11.0. The summed E-state index contributed by atoms with van der Waals surface area (Å²) < 4.78 is 0. The third kappa shape index (κ3) is 1.77. The molecule has 2 saturated heterocycles. The van der Waals surface area contributed by atoms with Gasteiger partial charge in [0.15, 0.2) is 0 Å². The van der Waals surface area contributed by atoms with Crippen LogP contribution in [-0.4, -0.2) is 23.4 Å². The van der Waals surface area contributed by atoms with Gasteiger partial charge in [-0.15, -0.1) is 11.3 Å². The van der Waals surface area contributed by atoms with E-state index in [1.807, 2.05) is 0 Å². The molecule has 2 fully saturated rings. The molecule has 16 heavy (non-hydrogen) atoms. The van der Waals surface area contributed by atoms with Crippen LogP contribution in [0, 0.1) is 5.92 Å². The van der Waals surface area contributed by atoms with E-state index in [0.717, 1.165) is 19.4 Å². The van der Waals surface area contributed by atoms with Gasteiger partial charge in [-0.1, -0.05) is 6.07 Å². The van der Waals surface area contributed by atoms with E-state index in [2.05, 4.69) is 22.4 Å². The van der Waals surface area contributed by atoms with E-state index in [-0.39, 0.29) is 5.92 Å². The quantitative estimate of drug-likeness (QED) is 0.772. The third-order valence-corrected chi connectivity index (χ3v) is 4.78. The molecule has 2 unspecified atom stereocenters. The zero-order valence-electron chi connectivity index (χ0n) is 9.39. The van der Waals surface area contributed by atoms with Crippen molar-refractivity contribution >= 4 is 17.2 Å². The smallest absolute Gasteiger partial charge is 0.226 e. The van der Waals surface area contributed by atoms with Gasteiger partial charge >= 0.3 is 0 Å². The predicted octanol–water partition coefficient (Wildman–Crippen LogP) is 2.69. The molecule has 86 valence electrons. The summed E-state index contributed by atoms with van der Waals surface area (Å²) >= 11 is 1.77. The largest absolute Gasteiger partial charge is 0.339 e. The Morgan fingerprint density at radius 1 is 1.38 bits per heavy atom. The maximum atomic E-state index is 12.3. The number of carbonyl (C=O) groups excluding carboxylic acids is 1.